The van der Waals surface area contributed by atoms with Crippen molar-refractivity contribution in [3.8, 4) is 0 Å². The van der Waals surface area contributed by atoms with Crippen LogP contribution in [0.15, 0.2) is 29.4 Å². The molecule has 1 aromatic carbocycles. The molecule has 3 heterocycles. The molecule has 2 aromatic rings. The van der Waals surface area contributed by atoms with E-state index in [9.17, 15) is 9.59 Å². The van der Waals surface area contributed by atoms with Crippen LogP contribution in [0.1, 0.15) is 41.9 Å². The number of aromatic nitrogens is 3. The summed E-state index contributed by atoms with van der Waals surface area (Å²) in [4.78, 5) is 26.0. The number of rotatable bonds is 8. The van der Waals surface area contributed by atoms with E-state index in [4.69, 9.17) is 4.74 Å². The van der Waals surface area contributed by atoms with E-state index in [-0.39, 0.29) is 11.8 Å². The fourth-order valence-corrected chi connectivity index (χ4v) is 4.73. The molecule has 2 fully saturated rings. The van der Waals surface area contributed by atoms with E-state index in [0.29, 0.717) is 31.1 Å². The average Bonchev–Trinajstić information content (AvgIpc) is 3.50. The van der Waals surface area contributed by atoms with Crippen LogP contribution >= 0.6 is 11.8 Å². The van der Waals surface area contributed by atoms with Gasteiger partial charge in [-0.2, -0.15) is 0 Å². The lowest BCUT2D eigenvalue weighted by atomic mass is 10.2. The third kappa shape index (κ3) is 4.84. The molecule has 0 bridgehead atoms. The minimum atomic E-state index is -0.135. The van der Waals surface area contributed by atoms with Crippen molar-refractivity contribution in [3.05, 3.63) is 35.7 Å². The van der Waals surface area contributed by atoms with Crippen molar-refractivity contribution in [2.75, 3.05) is 30.3 Å². The summed E-state index contributed by atoms with van der Waals surface area (Å²) in [5, 5.41) is 12.3. The van der Waals surface area contributed by atoms with E-state index in [0.717, 1.165) is 54.8 Å². The molecule has 30 heavy (non-hydrogen) atoms. The van der Waals surface area contributed by atoms with Crippen LogP contribution in [0, 0.1) is 0 Å². The quantitative estimate of drug-likeness (QED) is 0.647. The van der Waals surface area contributed by atoms with Crippen LogP contribution < -0.4 is 10.2 Å². The van der Waals surface area contributed by atoms with Crippen LogP contribution in [0.5, 0.6) is 0 Å². The van der Waals surface area contributed by atoms with Crippen molar-refractivity contribution in [1.82, 2.24) is 20.1 Å². The van der Waals surface area contributed by atoms with Crippen LogP contribution in [0.2, 0.25) is 0 Å². The van der Waals surface area contributed by atoms with E-state index in [1.165, 1.54) is 0 Å². The van der Waals surface area contributed by atoms with Gasteiger partial charge in [0.05, 0.1) is 6.10 Å². The molecule has 8 nitrogen and oxygen atoms in total. The first kappa shape index (κ1) is 20.9. The van der Waals surface area contributed by atoms with Gasteiger partial charge in [0.15, 0.2) is 5.16 Å². The third-order valence-corrected chi connectivity index (χ3v) is 6.65. The van der Waals surface area contributed by atoms with Gasteiger partial charge >= 0.3 is 0 Å². The van der Waals surface area contributed by atoms with Crippen LogP contribution in [0.4, 0.5) is 5.69 Å². The average molecular weight is 430 g/mol. The maximum absolute atomic E-state index is 12.4. The standard InChI is InChI=1S/C21H27N5O3S/c1-25-18(23-24-21(25)30-14-17-4-3-13-29-17)10-11-22-20(28)15-6-8-16(9-7-15)26-12-2-5-19(26)27/h6-9,17H,2-5,10-14H2,1H3,(H,22,28). The van der Waals surface area contributed by atoms with Crippen LogP contribution in [-0.4, -0.2) is 58.1 Å². The Bertz CT molecular complexity index is 893. The predicted octanol–water partition coefficient (Wildman–Crippen LogP) is 2.19. The second-order valence-electron chi connectivity index (χ2n) is 7.61. The fraction of sp³-hybridized carbons (Fsp3) is 0.524. The summed E-state index contributed by atoms with van der Waals surface area (Å²) in [6.45, 7) is 2.08. The largest absolute Gasteiger partial charge is 0.377 e. The molecule has 0 saturated carbocycles. The molecule has 2 aliphatic heterocycles. The monoisotopic (exact) mass is 429 g/mol. The smallest absolute Gasteiger partial charge is 0.251 e. The second kappa shape index (κ2) is 9.61. The molecule has 1 unspecified atom stereocenters. The number of amides is 2. The van der Waals surface area contributed by atoms with Gasteiger partial charge in [-0.05, 0) is 43.5 Å². The van der Waals surface area contributed by atoms with Gasteiger partial charge in [0.1, 0.15) is 5.82 Å². The van der Waals surface area contributed by atoms with Gasteiger partial charge in [-0.15, -0.1) is 10.2 Å². The highest BCUT2D eigenvalue weighted by Gasteiger charge is 2.22. The van der Waals surface area contributed by atoms with E-state index < -0.39 is 0 Å². The molecule has 2 aliphatic rings. The number of thioether (sulfide) groups is 1. The molecule has 9 heteroatoms. The summed E-state index contributed by atoms with van der Waals surface area (Å²) in [7, 11) is 1.95. The minimum absolute atomic E-state index is 0.135. The summed E-state index contributed by atoms with van der Waals surface area (Å²) in [5.74, 6) is 1.74. The van der Waals surface area contributed by atoms with Crippen molar-refractivity contribution in [1.29, 1.82) is 0 Å². The van der Waals surface area contributed by atoms with Crippen LogP contribution in [-0.2, 0) is 23.0 Å². The molecule has 0 spiro atoms. The number of carbonyl (C=O) groups excluding carboxylic acids is 2. The number of benzene rings is 1. The van der Waals surface area contributed by atoms with E-state index in [1.807, 2.05) is 23.7 Å². The summed E-state index contributed by atoms with van der Waals surface area (Å²) in [5.41, 5.74) is 1.43. The highest BCUT2D eigenvalue weighted by Crippen LogP contribution is 2.23. The predicted molar refractivity (Wildman–Crippen MR) is 115 cm³/mol. The van der Waals surface area contributed by atoms with Gasteiger partial charge in [0.2, 0.25) is 5.91 Å². The van der Waals surface area contributed by atoms with Gasteiger partial charge in [-0.3, -0.25) is 9.59 Å². The second-order valence-corrected chi connectivity index (χ2v) is 8.59. The first-order valence-electron chi connectivity index (χ1n) is 10.4. The Hall–Kier alpha value is -2.39. The van der Waals surface area contributed by atoms with Crippen LogP contribution in [0.25, 0.3) is 0 Å². The lowest BCUT2D eigenvalue weighted by Gasteiger charge is -2.15. The molecular weight excluding hydrogens is 402 g/mol. The van der Waals surface area contributed by atoms with Crippen molar-refractivity contribution in [2.24, 2.45) is 7.05 Å². The topological polar surface area (TPSA) is 89.4 Å². The van der Waals surface area contributed by atoms with E-state index in [2.05, 4.69) is 15.5 Å². The molecule has 4 rings (SSSR count). The van der Waals surface area contributed by atoms with Crippen molar-refractivity contribution in [3.63, 3.8) is 0 Å². The van der Waals surface area contributed by atoms with Gasteiger partial charge in [-0.1, -0.05) is 11.8 Å². The Morgan fingerprint density at radius 1 is 1.27 bits per heavy atom. The molecule has 0 radical (unpaired) electrons. The third-order valence-electron chi connectivity index (χ3n) is 5.50. The lowest BCUT2D eigenvalue weighted by molar-refractivity contribution is -0.117. The molecule has 0 aliphatic carbocycles. The first-order valence-corrected chi connectivity index (χ1v) is 11.4. The van der Waals surface area contributed by atoms with Gasteiger partial charge in [0.25, 0.3) is 5.91 Å². The Morgan fingerprint density at radius 3 is 2.80 bits per heavy atom. The molecule has 1 atom stereocenters. The summed E-state index contributed by atoms with van der Waals surface area (Å²) < 4.78 is 7.63. The number of hydrogen-bond acceptors (Lipinski definition) is 6. The van der Waals surface area contributed by atoms with E-state index >= 15 is 0 Å². The summed E-state index contributed by atoms with van der Waals surface area (Å²) >= 11 is 1.66. The first-order chi connectivity index (χ1) is 14.6. The fourth-order valence-electron chi connectivity index (χ4n) is 3.74. The summed E-state index contributed by atoms with van der Waals surface area (Å²) in [6, 6.07) is 7.19. The maximum Gasteiger partial charge on any atom is 0.251 e. The summed E-state index contributed by atoms with van der Waals surface area (Å²) in [6.07, 6.45) is 4.64. The molecule has 2 saturated heterocycles. The molecule has 160 valence electrons. The number of hydrogen-bond donors (Lipinski definition) is 1. The molecule has 1 aromatic heterocycles. The van der Waals surface area contributed by atoms with Gasteiger partial charge in [-0.25, -0.2) is 0 Å². The normalized spacial score (nSPS) is 18.9. The Morgan fingerprint density at radius 2 is 2.10 bits per heavy atom. The Labute approximate surface area is 180 Å². The Kier molecular flexibility index (Phi) is 6.69. The number of nitrogens with zero attached hydrogens (tertiary/aromatic N) is 4. The zero-order valence-electron chi connectivity index (χ0n) is 17.2. The number of carbonyl (C=O) groups is 2. The SMILES string of the molecule is Cn1c(CCNC(=O)c2ccc(N3CCCC3=O)cc2)nnc1SCC1CCCO1. The molecular formula is C21H27N5O3S. The van der Waals surface area contributed by atoms with Crippen molar-refractivity contribution < 1.29 is 14.3 Å². The zero-order valence-corrected chi connectivity index (χ0v) is 18.0. The Balaban J connectivity index is 1.25. The molecule has 1 N–H and O–H groups in total. The lowest BCUT2D eigenvalue weighted by Crippen LogP contribution is -2.27. The number of anilines is 1. The van der Waals surface area contributed by atoms with E-state index in [1.54, 1.807) is 28.8 Å². The van der Waals surface area contributed by atoms with Crippen molar-refractivity contribution in [2.45, 2.75) is 43.4 Å². The highest BCUT2D eigenvalue weighted by molar-refractivity contribution is 7.99. The van der Waals surface area contributed by atoms with Crippen molar-refractivity contribution >= 4 is 29.3 Å². The van der Waals surface area contributed by atoms with Crippen LogP contribution in [0.3, 0.4) is 0 Å². The van der Waals surface area contributed by atoms with Gasteiger partial charge < -0.3 is 19.5 Å². The minimum Gasteiger partial charge on any atom is -0.377 e. The zero-order chi connectivity index (χ0) is 20.9. The number of nitrogens with one attached hydrogen (secondary N) is 1. The van der Waals surface area contributed by atoms with Gasteiger partial charge in [0, 0.05) is 56.6 Å². The number of ether oxygens (including phenoxy) is 1. The molecule has 2 amide bonds. The highest BCUT2D eigenvalue weighted by atomic mass is 32.2. The maximum atomic E-state index is 12.4.